The number of rotatable bonds is 5. The van der Waals surface area contributed by atoms with Gasteiger partial charge in [-0.2, -0.15) is 4.31 Å². The van der Waals surface area contributed by atoms with Gasteiger partial charge in [-0.05, 0) is 36.8 Å². The summed E-state index contributed by atoms with van der Waals surface area (Å²) in [6.45, 7) is 3.49. The molecule has 0 radical (unpaired) electrons. The van der Waals surface area contributed by atoms with Gasteiger partial charge in [0.25, 0.3) is 0 Å². The maximum Gasteiger partial charge on any atom is 0.243 e. The molecule has 0 aliphatic carbocycles. The van der Waals surface area contributed by atoms with E-state index in [0.29, 0.717) is 5.13 Å². The second-order valence-corrected chi connectivity index (χ2v) is 9.23. The van der Waals surface area contributed by atoms with E-state index in [1.807, 2.05) is 38.1 Å². The van der Waals surface area contributed by atoms with Crippen LogP contribution in [0.1, 0.15) is 10.6 Å². The van der Waals surface area contributed by atoms with Crippen LogP contribution in [0.2, 0.25) is 0 Å². The van der Waals surface area contributed by atoms with Gasteiger partial charge in [-0.3, -0.25) is 4.79 Å². The quantitative estimate of drug-likeness (QED) is 0.727. The first-order valence-corrected chi connectivity index (χ1v) is 10.2. The minimum Gasteiger partial charge on any atom is -0.301 e. The zero-order valence-corrected chi connectivity index (χ0v) is 16.3. The first kappa shape index (κ1) is 18.5. The highest BCUT2D eigenvalue weighted by Gasteiger charge is 2.23. The Bertz CT molecular complexity index is 1050. The number of nitrogens with zero attached hydrogens (tertiary/aromatic N) is 2. The molecule has 0 unspecified atom stereocenters. The minimum absolute atomic E-state index is 0.160. The predicted octanol–water partition coefficient (Wildman–Crippen LogP) is 3.17. The van der Waals surface area contributed by atoms with Crippen LogP contribution in [0.15, 0.2) is 47.4 Å². The molecule has 8 heteroatoms. The smallest absolute Gasteiger partial charge is 0.243 e. The van der Waals surface area contributed by atoms with Crippen LogP contribution in [0.4, 0.5) is 5.13 Å². The van der Waals surface area contributed by atoms with Gasteiger partial charge >= 0.3 is 0 Å². The summed E-state index contributed by atoms with van der Waals surface area (Å²) in [4.78, 5) is 17.6. The van der Waals surface area contributed by atoms with Crippen molar-refractivity contribution in [2.45, 2.75) is 18.7 Å². The molecular formula is C18H19N3O3S2. The SMILES string of the molecule is Cc1nc(NC(=O)CN(C)S(=O)(=O)c2ccc3ccccc3c2)sc1C. The van der Waals surface area contributed by atoms with Gasteiger partial charge in [0.15, 0.2) is 5.13 Å². The van der Waals surface area contributed by atoms with E-state index in [1.165, 1.54) is 18.4 Å². The van der Waals surface area contributed by atoms with E-state index in [2.05, 4.69) is 10.3 Å². The lowest BCUT2D eigenvalue weighted by molar-refractivity contribution is -0.116. The maximum atomic E-state index is 12.8. The summed E-state index contributed by atoms with van der Waals surface area (Å²) in [5.41, 5.74) is 0.849. The Labute approximate surface area is 156 Å². The van der Waals surface area contributed by atoms with Crippen molar-refractivity contribution in [1.29, 1.82) is 0 Å². The molecule has 0 saturated carbocycles. The van der Waals surface area contributed by atoms with Crippen LogP contribution in [0, 0.1) is 13.8 Å². The van der Waals surface area contributed by atoms with Gasteiger partial charge in [-0.1, -0.05) is 30.3 Å². The van der Waals surface area contributed by atoms with E-state index < -0.39 is 15.9 Å². The summed E-state index contributed by atoms with van der Waals surface area (Å²) in [7, 11) is -2.37. The highest BCUT2D eigenvalue weighted by atomic mass is 32.2. The summed E-state index contributed by atoms with van der Waals surface area (Å²) in [6.07, 6.45) is 0. The normalized spacial score (nSPS) is 11.8. The summed E-state index contributed by atoms with van der Waals surface area (Å²) in [5.74, 6) is -0.425. The molecule has 3 aromatic rings. The van der Waals surface area contributed by atoms with Gasteiger partial charge in [0.2, 0.25) is 15.9 Å². The molecule has 0 aliphatic heterocycles. The molecule has 136 valence electrons. The van der Waals surface area contributed by atoms with Crippen molar-refractivity contribution in [2.75, 3.05) is 18.9 Å². The standard InChI is InChI=1S/C18H19N3O3S2/c1-12-13(2)25-18(19-12)20-17(22)11-21(3)26(23,24)16-9-8-14-6-4-5-7-15(14)10-16/h4-10H,11H2,1-3H3,(H,19,20,22). The fraction of sp³-hybridized carbons (Fsp3) is 0.222. The number of anilines is 1. The molecule has 0 aliphatic rings. The number of hydrogen-bond acceptors (Lipinski definition) is 5. The number of aryl methyl sites for hydroxylation is 2. The van der Waals surface area contributed by atoms with Crippen molar-refractivity contribution in [3.05, 3.63) is 53.0 Å². The largest absolute Gasteiger partial charge is 0.301 e. The number of hydrogen-bond donors (Lipinski definition) is 1. The summed E-state index contributed by atoms with van der Waals surface area (Å²) in [5, 5.41) is 4.92. The third kappa shape index (κ3) is 3.77. The number of amides is 1. The van der Waals surface area contributed by atoms with E-state index in [9.17, 15) is 13.2 Å². The van der Waals surface area contributed by atoms with Crippen LogP contribution < -0.4 is 5.32 Å². The Kier molecular flexibility index (Phi) is 5.08. The van der Waals surface area contributed by atoms with Gasteiger partial charge < -0.3 is 5.32 Å². The number of nitrogens with one attached hydrogen (secondary N) is 1. The molecule has 0 bridgehead atoms. The number of likely N-dealkylation sites (N-methyl/N-ethyl adjacent to an activating group) is 1. The molecule has 0 atom stereocenters. The van der Waals surface area contributed by atoms with Crippen LogP contribution >= 0.6 is 11.3 Å². The van der Waals surface area contributed by atoms with E-state index in [1.54, 1.807) is 18.2 Å². The lowest BCUT2D eigenvalue weighted by Gasteiger charge is -2.16. The Balaban J connectivity index is 1.76. The number of carbonyl (C=O) groups excluding carboxylic acids is 1. The van der Waals surface area contributed by atoms with Crippen molar-refractivity contribution < 1.29 is 13.2 Å². The minimum atomic E-state index is -3.77. The maximum absolute atomic E-state index is 12.8. The molecule has 1 heterocycles. The highest BCUT2D eigenvalue weighted by Crippen LogP contribution is 2.22. The zero-order valence-electron chi connectivity index (χ0n) is 14.7. The number of aromatic nitrogens is 1. The van der Waals surface area contributed by atoms with Crippen LogP contribution in [-0.4, -0.2) is 37.2 Å². The molecule has 6 nitrogen and oxygen atoms in total. The Hall–Kier alpha value is -2.29. The second kappa shape index (κ2) is 7.14. The van der Waals surface area contributed by atoms with Gasteiger partial charge in [0.05, 0.1) is 17.1 Å². The second-order valence-electron chi connectivity index (χ2n) is 5.98. The molecule has 0 fully saturated rings. The first-order chi connectivity index (χ1) is 12.3. The van der Waals surface area contributed by atoms with Crippen molar-refractivity contribution in [1.82, 2.24) is 9.29 Å². The van der Waals surface area contributed by atoms with E-state index in [4.69, 9.17) is 0 Å². The number of sulfonamides is 1. The van der Waals surface area contributed by atoms with Crippen molar-refractivity contribution in [3.8, 4) is 0 Å². The third-order valence-electron chi connectivity index (χ3n) is 4.07. The molecule has 1 N–H and O–H groups in total. The molecule has 0 saturated heterocycles. The highest BCUT2D eigenvalue weighted by molar-refractivity contribution is 7.89. The average Bonchev–Trinajstić information content (AvgIpc) is 2.91. The molecular weight excluding hydrogens is 370 g/mol. The molecule has 0 spiro atoms. The Morgan fingerprint density at radius 1 is 1.15 bits per heavy atom. The Morgan fingerprint density at radius 2 is 1.85 bits per heavy atom. The molecule has 2 aromatic carbocycles. The number of fused-ring (bicyclic) bond motifs is 1. The molecule has 26 heavy (non-hydrogen) atoms. The van der Waals surface area contributed by atoms with E-state index in [0.717, 1.165) is 25.6 Å². The van der Waals surface area contributed by atoms with Gasteiger partial charge in [-0.25, -0.2) is 13.4 Å². The van der Waals surface area contributed by atoms with Crippen LogP contribution in [0.25, 0.3) is 10.8 Å². The molecule has 1 aromatic heterocycles. The Morgan fingerprint density at radius 3 is 2.50 bits per heavy atom. The van der Waals surface area contributed by atoms with Crippen molar-refractivity contribution in [2.24, 2.45) is 0 Å². The predicted molar refractivity (Wildman–Crippen MR) is 104 cm³/mol. The van der Waals surface area contributed by atoms with E-state index >= 15 is 0 Å². The van der Waals surface area contributed by atoms with Crippen LogP contribution in [0.3, 0.4) is 0 Å². The van der Waals surface area contributed by atoms with Crippen molar-refractivity contribution in [3.63, 3.8) is 0 Å². The lowest BCUT2D eigenvalue weighted by Crippen LogP contribution is -2.34. The number of thiazole rings is 1. The van der Waals surface area contributed by atoms with Crippen LogP contribution in [-0.2, 0) is 14.8 Å². The van der Waals surface area contributed by atoms with Gasteiger partial charge in [-0.15, -0.1) is 11.3 Å². The third-order valence-corrected chi connectivity index (χ3v) is 6.86. The van der Waals surface area contributed by atoms with Gasteiger partial charge in [0, 0.05) is 11.9 Å². The number of benzene rings is 2. The lowest BCUT2D eigenvalue weighted by atomic mass is 10.1. The molecule has 3 rings (SSSR count). The van der Waals surface area contributed by atoms with E-state index in [-0.39, 0.29) is 11.4 Å². The summed E-state index contributed by atoms with van der Waals surface area (Å²) >= 11 is 1.36. The summed E-state index contributed by atoms with van der Waals surface area (Å²) in [6, 6.07) is 12.5. The monoisotopic (exact) mass is 389 g/mol. The summed E-state index contributed by atoms with van der Waals surface area (Å²) < 4.78 is 26.6. The average molecular weight is 390 g/mol. The molecule has 1 amide bonds. The fourth-order valence-electron chi connectivity index (χ4n) is 2.48. The fourth-order valence-corrected chi connectivity index (χ4v) is 4.47. The first-order valence-electron chi connectivity index (χ1n) is 7.96. The van der Waals surface area contributed by atoms with Gasteiger partial charge in [0.1, 0.15) is 0 Å². The zero-order chi connectivity index (χ0) is 18.9. The van der Waals surface area contributed by atoms with Crippen LogP contribution in [0.5, 0.6) is 0 Å². The van der Waals surface area contributed by atoms with Crippen molar-refractivity contribution >= 4 is 43.2 Å². The number of carbonyl (C=O) groups is 1. The topological polar surface area (TPSA) is 79.4 Å².